The molecule has 0 aromatic heterocycles. The Morgan fingerprint density at radius 3 is 2.14 bits per heavy atom. The Labute approximate surface area is 84.5 Å². The lowest BCUT2D eigenvalue weighted by atomic mass is 10.0. The van der Waals surface area contributed by atoms with Gasteiger partial charge in [-0.2, -0.15) is 8.42 Å². The van der Waals surface area contributed by atoms with Gasteiger partial charge in [-0.05, 0) is 25.8 Å². The molecule has 0 aliphatic heterocycles. The SMILES string of the molecule is CC(C)(Cc1ccccc1)S(=O)(=O)O. The van der Waals surface area contributed by atoms with Gasteiger partial charge < -0.3 is 0 Å². The monoisotopic (exact) mass is 214 g/mol. The molecule has 0 heterocycles. The lowest BCUT2D eigenvalue weighted by Gasteiger charge is -2.20. The number of rotatable bonds is 3. The Morgan fingerprint density at radius 1 is 1.21 bits per heavy atom. The Kier molecular flexibility index (Phi) is 2.97. The molecule has 14 heavy (non-hydrogen) atoms. The Morgan fingerprint density at radius 2 is 1.71 bits per heavy atom. The van der Waals surface area contributed by atoms with Crippen LogP contribution in [0.1, 0.15) is 19.4 Å². The summed E-state index contributed by atoms with van der Waals surface area (Å²) in [6.07, 6.45) is 0.312. The van der Waals surface area contributed by atoms with E-state index in [-0.39, 0.29) is 0 Å². The van der Waals surface area contributed by atoms with E-state index >= 15 is 0 Å². The summed E-state index contributed by atoms with van der Waals surface area (Å²) in [5.74, 6) is 0. The highest BCUT2D eigenvalue weighted by Gasteiger charge is 2.32. The molecule has 0 radical (unpaired) electrons. The van der Waals surface area contributed by atoms with E-state index < -0.39 is 14.9 Å². The van der Waals surface area contributed by atoms with Crippen LogP contribution in [0.4, 0.5) is 0 Å². The van der Waals surface area contributed by atoms with E-state index in [4.69, 9.17) is 4.55 Å². The maximum atomic E-state index is 11.0. The first-order valence-electron chi connectivity index (χ1n) is 4.34. The summed E-state index contributed by atoms with van der Waals surface area (Å²) < 4.78 is 29.9. The molecule has 0 amide bonds. The molecule has 4 heteroatoms. The van der Waals surface area contributed by atoms with Gasteiger partial charge >= 0.3 is 0 Å². The fraction of sp³-hybridized carbons (Fsp3) is 0.400. The molecule has 0 saturated carbocycles. The standard InChI is InChI=1S/C10H14O3S/c1-10(2,14(11,12)13)8-9-6-4-3-5-7-9/h3-7H,8H2,1-2H3,(H,11,12,13). The summed E-state index contributed by atoms with van der Waals surface area (Å²) >= 11 is 0. The van der Waals surface area contributed by atoms with Crippen molar-refractivity contribution in [3.63, 3.8) is 0 Å². The van der Waals surface area contributed by atoms with Gasteiger partial charge in [0, 0.05) is 0 Å². The van der Waals surface area contributed by atoms with Crippen molar-refractivity contribution in [1.29, 1.82) is 0 Å². The molecule has 0 saturated heterocycles. The minimum Gasteiger partial charge on any atom is -0.285 e. The molecule has 0 unspecified atom stereocenters. The van der Waals surface area contributed by atoms with Crippen LogP contribution in [0.3, 0.4) is 0 Å². The molecule has 0 spiro atoms. The highest BCUT2D eigenvalue weighted by atomic mass is 32.2. The number of hydrogen-bond donors (Lipinski definition) is 1. The normalized spacial score (nSPS) is 12.8. The van der Waals surface area contributed by atoms with E-state index in [1.54, 1.807) is 0 Å². The van der Waals surface area contributed by atoms with E-state index in [1.807, 2.05) is 30.3 Å². The van der Waals surface area contributed by atoms with Crippen molar-refractivity contribution in [3.8, 4) is 0 Å². The molecule has 0 aliphatic carbocycles. The van der Waals surface area contributed by atoms with E-state index in [2.05, 4.69) is 0 Å². The Balaban J connectivity index is 2.90. The summed E-state index contributed by atoms with van der Waals surface area (Å²) in [7, 11) is -4.00. The number of hydrogen-bond acceptors (Lipinski definition) is 2. The fourth-order valence-corrected chi connectivity index (χ4v) is 1.53. The zero-order valence-corrected chi connectivity index (χ0v) is 9.08. The smallest absolute Gasteiger partial charge is 0.270 e. The highest BCUT2D eigenvalue weighted by molar-refractivity contribution is 7.87. The molecule has 1 aromatic rings. The lowest BCUT2D eigenvalue weighted by molar-refractivity contribution is 0.440. The topological polar surface area (TPSA) is 54.4 Å². The van der Waals surface area contributed by atoms with Crippen LogP contribution in [0.25, 0.3) is 0 Å². The highest BCUT2D eigenvalue weighted by Crippen LogP contribution is 2.20. The number of benzene rings is 1. The van der Waals surface area contributed by atoms with Gasteiger partial charge in [-0.15, -0.1) is 0 Å². The van der Waals surface area contributed by atoms with Gasteiger partial charge in [-0.1, -0.05) is 30.3 Å². The second-order valence-electron chi connectivity index (χ2n) is 3.90. The van der Waals surface area contributed by atoms with E-state index in [9.17, 15) is 8.42 Å². The fourth-order valence-electron chi connectivity index (χ4n) is 1.18. The van der Waals surface area contributed by atoms with Crippen LogP contribution in [0, 0.1) is 0 Å². The third-order valence-corrected chi connectivity index (χ3v) is 3.71. The first-order valence-corrected chi connectivity index (χ1v) is 5.78. The largest absolute Gasteiger partial charge is 0.285 e. The average Bonchev–Trinajstić information content (AvgIpc) is 2.03. The van der Waals surface area contributed by atoms with Gasteiger partial charge in [-0.3, -0.25) is 4.55 Å². The van der Waals surface area contributed by atoms with Crippen LogP contribution in [0.5, 0.6) is 0 Å². The molecule has 1 aromatic carbocycles. The average molecular weight is 214 g/mol. The van der Waals surface area contributed by atoms with E-state index in [0.717, 1.165) is 5.56 Å². The zero-order chi connectivity index (χ0) is 10.8. The van der Waals surface area contributed by atoms with E-state index in [1.165, 1.54) is 13.8 Å². The minimum absolute atomic E-state index is 0.312. The van der Waals surface area contributed by atoms with Gasteiger partial charge in [-0.25, -0.2) is 0 Å². The van der Waals surface area contributed by atoms with Crippen LogP contribution in [0.15, 0.2) is 30.3 Å². The summed E-state index contributed by atoms with van der Waals surface area (Å²) in [4.78, 5) is 0. The van der Waals surface area contributed by atoms with Gasteiger partial charge in [0.1, 0.15) is 0 Å². The minimum atomic E-state index is -4.00. The molecular formula is C10H14O3S. The van der Waals surface area contributed by atoms with Crippen molar-refractivity contribution in [3.05, 3.63) is 35.9 Å². The molecular weight excluding hydrogens is 200 g/mol. The van der Waals surface area contributed by atoms with Crippen molar-refractivity contribution in [2.75, 3.05) is 0 Å². The molecule has 78 valence electrons. The van der Waals surface area contributed by atoms with Gasteiger partial charge in [0.15, 0.2) is 0 Å². The summed E-state index contributed by atoms with van der Waals surface area (Å²) in [6.45, 7) is 3.02. The van der Waals surface area contributed by atoms with Crippen LogP contribution < -0.4 is 0 Å². The van der Waals surface area contributed by atoms with Crippen molar-refractivity contribution in [2.45, 2.75) is 25.0 Å². The second-order valence-corrected chi connectivity index (χ2v) is 5.95. The molecule has 3 nitrogen and oxygen atoms in total. The second kappa shape index (κ2) is 3.71. The summed E-state index contributed by atoms with van der Waals surface area (Å²) in [5.41, 5.74) is 0.898. The van der Waals surface area contributed by atoms with Crippen LogP contribution >= 0.6 is 0 Å². The summed E-state index contributed by atoms with van der Waals surface area (Å²) in [5, 5.41) is 0. The zero-order valence-electron chi connectivity index (χ0n) is 8.27. The molecule has 0 bridgehead atoms. The third-order valence-electron chi connectivity index (χ3n) is 2.17. The Hall–Kier alpha value is -0.870. The van der Waals surface area contributed by atoms with Crippen molar-refractivity contribution in [1.82, 2.24) is 0 Å². The predicted molar refractivity (Wildman–Crippen MR) is 55.8 cm³/mol. The van der Waals surface area contributed by atoms with Crippen molar-refractivity contribution in [2.24, 2.45) is 0 Å². The summed E-state index contributed by atoms with van der Waals surface area (Å²) in [6, 6.07) is 9.23. The molecule has 1 N–H and O–H groups in total. The molecule has 0 fully saturated rings. The predicted octanol–water partition coefficient (Wildman–Crippen LogP) is 1.90. The van der Waals surface area contributed by atoms with Crippen LogP contribution in [-0.2, 0) is 16.5 Å². The molecule has 0 atom stereocenters. The van der Waals surface area contributed by atoms with Gasteiger partial charge in [0.05, 0.1) is 4.75 Å². The Bertz CT molecular complexity index is 393. The van der Waals surface area contributed by atoms with Gasteiger partial charge in [0.25, 0.3) is 10.1 Å². The first kappa shape index (κ1) is 11.2. The molecule has 0 aliphatic rings. The maximum absolute atomic E-state index is 11.0. The first-order chi connectivity index (χ1) is 6.33. The maximum Gasteiger partial charge on any atom is 0.270 e. The van der Waals surface area contributed by atoms with Crippen LogP contribution in [0.2, 0.25) is 0 Å². The van der Waals surface area contributed by atoms with E-state index in [0.29, 0.717) is 6.42 Å². The van der Waals surface area contributed by atoms with Crippen LogP contribution in [-0.4, -0.2) is 17.7 Å². The van der Waals surface area contributed by atoms with Crippen molar-refractivity contribution >= 4 is 10.1 Å². The van der Waals surface area contributed by atoms with Gasteiger partial charge in [0.2, 0.25) is 0 Å². The third kappa shape index (κ3) is 2.56. The lowest BCUT2D eigenvalue weighted by Crippen LogP contribution is -2.33. The molecule has 1 rings (SSSR count). The van der Waals surface area contributed by atoms with Crippen molar-refractivity contribution < 1.29 is 13.0 Å². The quantitative estimate of drug-likeness (QED) is 0.782.